The van der Waals surface area contributed by atoms with E-state index in [4.69, 9.17) is 4.74 Å². The van der Waals surface area contributed by atoms with Crippen molar-refractivity contribution in [2.45, 2.75) is 19.8 Å². The molecular formula is C18H20N4O3. The van der Waals surface area contributed by atoms with Gasteiger partial charge >= 0.3 is 0 Å². The molecular weight excluding hydrogens is 320 g/mol. The summed E-state index contributed by atoms with van der Waals surface area (Å²) in [5.74, 6) is 1.21. The largest absolute Gasteiger partial charge is 0.377 e. The van der Waals surface area contributed by atoms with Crippen LogP contribution >= 0.6 is 0 Å². The lowest BCUT2D eigenvalue weighted by Gasteiger charge is -2.14. The number of aryl methyl sites for hydroxylation is 1. The molecule has 2 aromatic rings. The Kier molecular flexibility index (Phi) is 5.35. The first-order valence-corrected chi connectivity index (χ1v) is 8.22. The summed E-state index contributed by atoms with van der Waals surface area (Å²) in [6, 6.07) is 8.24. The van der Waals surface area contributed by atoms with Crippen molar-refractivity contribution < 1.29 is 9.66 Å². The van der Waals surface area contributed by atoms with Crippen LogP contribution in [0.15, 0.2) is 42.0 Å². The molecule has 7 nitrogen and oxygen atoms in total. The first kappa shape index (κ1) is 17.0. The zero-order valence-electron chi connectivity index (χ0n) is 14.1. The van der Waals surface area contributed by atoms with Crippen molar-refractivity contribution >= 4 is 11.5 Å². The number of anilines is 1. The number of benzene rings is 1. The number of nitro groups is 1. The first-order chi connectivity index (χ1) is 12.1. The summed E-state index contributed by atoms with van der Waals surface area (Å²) in [5.41, 5.74) is 2.87. The second-order valence-corrected chi connectivity index (χ2v) is 5.89. The van der Waals surface area contributed by atoms with Gasteiger partial charge < -0.3 is 10.1 Å². The fourth-order valence-electron chi connectivity index (χ4n) is 2.69. The number of nitro benzene ring substituents is 1. The van der Waals surface area contributed by atoms with Gasteiger partial charge in [0.15, 0.2) is 5.82 Å². The van der Waals surface area contributed by atoms with E-state index in [1.165, 1.54) is 17.7 Å². The lowest BCUT2D eigenvalue weighted by atomic mass is 10.1. The minimum absolute atomic E-state index is 0.0311. The average Bonchev–Trinajstić information content (AvgIpc) is 2.62. The van der Waals surface area contributed by atoms with Crippen LogP contribution in [0.25, 0.3) is 11.4 Å². The Bertz CT molecular complexity index is 805. The van der Waals surface area contributed by atoms with Gasteiger partial charge in [-0.1, -0.05) is 23.8 Å². The van der Waals surface area contributed by atoms with Gasteiger partial charge in [-0.05, 0) is 19.8 Å². The van der Waals surface area contributed by atoms with E-state index in [-0.39, 0.29) is 5.69 Å². The highest BCUT2D eigenvalue weighted by Crippen LogP contribution is 2.22. The Morgan fingerprint density at radius 3 is 2.96 bits per heavy atom. The number of nitrogens with zero attached hydrogens (tertiary/aromatic N) is 3. The molecule has 0 fully saturated rings. The molecule has 0 aliphatic carbocycles. The van der Waals surface area contributed by atoms with E-state index < -0.39 is 4.92 Å². The third-order valence-electron chi connectivity index (χ3n) is 3.98. The summed E-state index contributed by atoms with van der Waals surface area (Å²) in [6.45, 7) is 4.14. The minimum Gasteiger partial charge on any atom is -0.377 e. The second kappa shape index (κ2) is 7.85. The summed E-state index contributed by atoms with van der Waals surface area (Å²) in [6.07, 6.45) is 4.05. The number of aromatic nitrogens is 2. The number of rotatable bonds is 6. The summed E-state index contributed by atoms with van der Waals surface area (Å²) in [4.78, 5) is 19.4. The predicted molar refractivity (Wildman–Crippen MR) is 95.5 cm³/mol. The van der Waals surface area contributed by atoms with Crippen LogP contribution in [0.5, 0.6) is 0 Å². The van der Waals surface area contributed by atoms with Gasteiger partial charge in [-0.25, -0.2) is 9.97 Å². The molecule has 1 aromatic heterocycles. The molecule has 1 aliphatic heterocycles. The number of ether oxygens (including phenoxy) is 1. The van der Waals surface area contributed by atoms with E-state index in [0.29, 0.717) is 18.0 Å². The van der Waals surface area contributed by atoms with Crippen LogP contribution in [0.1, 0.15) is 18.5 Å². The normalized spacial score (nSPS) is 14.0. The Balaban J connectivity index is 1.73. The molecule has 0 atom stereocenters. The highest BCUT2D eigenvalue weighted by molar-refractivity contribution is 5.61. The molecule has 0 saturated heterocycles. The standard InChI is InChI=1S/C18H20N4O3/c1-13-11-17(19-8-5-14-6-9-25-10-7-14)21-18(20-13)15-3-2-4-16(12-15)22(23)24/h2-4,6,11-12H,5,7-10H2,1H3,(H,19,20,21). The van der Waals surface area contributed by atoms with Crippen molar-refractivity contribution in [1.29, 1.82) is 0 Å². The highest BCUT2D eigenvalue weighted by Gasteiger charge is 2.11. The number of hydrogen-bond donors (Lipinski definition) is 1. The van der Waals surface area contributed by atoms with Crippen molar-refractivity contribution in [2.24, 2.45) is 0 Å². The molecule has 7 heteroatoms. The summed E-state index contributed by atoms with van der Waals surface area (Å²) in [7, 11) is 0. The van der Waals surface area contributed by atoms with E-state index in [1.54, 1.807) is 12.1 Å². The molecule has 1 N–H and O–H groups in total. The highest BCUT2D eigenvalue weighted by atomic mass is 16.6. The maximum Gasteiger partial charge on any atom is 0.270 e. The molecule has 0 unspecified atom stereocenters. The zero-order chi connectivity index (χ0) is 17.6. The maximum atomic E-state index is 10.9. The van der Waals surface area contributed by atoms with Gasteiger partial charge in [-0.15, -0.1) is 0 Å². The van der Waals surface area contributed by atoms with E-state index in [9.17, 15) is 10.1 Å². The third-order valence-corrected chi connectivity index (χ3v) is 3.98. The lowest BCUT2D eigenvalue weighted by Crippen LogP contribution is -2.10. The van der Waals surface area contributed by atoms with E-state index in [1.807, 2.05) is 13.0 Å². The van der Waals surface area contributed by atoms with Crippen molar-refractivity contribution in [3.63, 3.8) is 0 Å². The van der Waals surface area contributed by atoms with Crippen LogP contribution in [-0.4, -0.2) is 34.6 Å². The molecule has 0 radical (unpaired) electrons. The monoisotopic (exact) mass is 340 g/mol. The zero-order valence-corrected chi connectivity index (χ0v) is 14.1. The van der Waals surface area contributed by atoms with Crippen molar-refractivity contribution in [2.75, 3.05) is 25.1 Å². The van der Waals surface area contributed by atoms with Crippen LogP contribution in [0.2, 0.25) is 0 Å². The fraction of sp³-hybridized carbons (Fsp3) is 0.333. The van der Waals surface area contributed by atoms with Gasteiger partial charge in [0, 0.05) is 36.0 Å². The van der Waals surface area contributed by atoms with Gasteiger partial charge in [0.2, 0.25) is 0 Å². The third kappa shape index (κ3) is 4.60. The number of hydrogen-bond acceptors (Lipinski definition) is 6. The molecule has 1 aliphatic rings. The molecule has 25 heavy (non-hydrogen) atoms. The summed E-state index contributed by atoms with van der Waals surface area (Å²) < 4.78 is 5.31. The Hall–Kier alpha value is -2.80. The SMILES string of the molecule is Cc1cc(NCCC2=CCOCC2)nc(-c2cccc([N+](=O)[O-])c2)n1. The summed E-state index contributed by atoms with van der Waals surface area (Å²) >= 11 is 0. The van der Waals surface area contributed by atoms with Crippen LogP contribution in [0, 0.1) is 17.0 Å². The minimum atomic E-state index is -0.417. The summed E-state index contributed by atoms with van der Waals surface area (Å²) in [5, 5.41) is 14.3. The topological polar surface area (TPSA) is 90.2 Å². The smallest absolute Gasteiger partial charge is 0.270 e. The molecule has 0 amide bonds. The lowest BCUT2D eigenvalue weighted by molar-refractivity contribution is -0.384. The maximum absolute atomic E-state index is 10.9. The van der Waals surface area contributed by atoms with Gasteiger partial charge in [-0.2, -0.15) is 0 Å². The molecule has 0 saturated carbocycles. The van der Waals surface area contributed by atoms with Crippen molar-refractivity contribution in [1.82, 2.24) is 9.97 Å². The van der Waals surface area contributed by atoms with Crippen LogP contribution in [-0.2, 0) is 4.74 Å². The van der Waals surface area contributed by atoms with Gasteiger partial charge in [-0.3, -0.25) is 10.1 Å². The average molecular weight is 340 g/mol. The Labute approximate surface area is 145 Å². The molecule has 2 heterocycles. The van der Waals surface area contributed by atoms with Crippen LogP contribution in [0.3, 0.4) is 0 Å². The van der Waals surface area contributed by atoms with Gasteiger partial charge in [0.25, 0.3) is 5.69 Å². The number of non-ortho nitro benzene ring substituents is 1. The number of nitrogens with one attached hydrogen (secondary N) is 1. The van der Waals surface area contributed by atoms with Gasteiger partial charge in [0.1, 0.15) is 5.82 Å². The predicted octanol–water partition coefficient (Wildman–Crippen LogP) is 3.51. The van der Waals surface area contributed by atoms with E-state index >= 15 is 0 Å². The van der Waals surface area contributed by atoms with Crippen LogP contribution in [0.4, 0.5) is 11.5 Å². The molecule has 0 bridgehead atoms. The Morgan fingerprint density at radius 1 is 1.32 bits per heavy atom. The molecule has 0 spiro atoms. The van der Waals surface area contributed by atoms with E-state index in [0.717, 1.165) is 37.5 Å². The molecule has 130 valence electrons. The molecule has 3 rings (SSSR count). The quantitative estimate of drug-likeness (QED) is 0.492. The Morgan fingerprint density at radius 2 is 2.20 bits per heavy atom. The first-order valence-electron chi connectivity index (χ1n) is 8.22. The van der Waals surface area contributed by atoms with Gasteiger partial charge in [0.05, 0.1) is 18.1 Å². The second-order valence-electron chi connectivity index (χ2n) is 5.89. The van der Waals surface area contributed by atoms with E-state index in [2.05, 4.69) is 21.4 Å². The van der Waals surface area contributed by atoms with Crippen LogP contribution < -0.4 is 5.32 Å². The fourth-order valence-corrected chi connectivity index (χ4v) is 2.69. The van der Waals surface area contributed by atoms with Crippen molar-refractivity contribution in [3.8, 4) is 11.4 Å². The molecule has 1 aromatic carbocycles. The van der Waals surface area contributed by atoms with Crippen molar-refractivity contribution in [3.05, 3.63) is 57.8 Å².